The van der Waals surface area contributed by atoms with Crippen LogP contribution in [0.5, 0.6) is 0 Å². The summed E-state index contributed by atoms with van der Waals surface area (Å²) in [7, 11) is 0. The van der Waals surface area contributed by atoms with Gasteiger partial charge in [0.1, 0.15) is 0 Å². The number of rotatable bonds is 9. The van der Waals surface area contributed by atoms with Crippen molar-refractivity contribution in [3.63, 3.8) is 0 Å². The highest BCUT2D eigenvalue weighted by atomic mass is 16.4. The van der Waals surface area contributed by atoms with Crippen molar-refractivity contribution in [1.82, 2.24) is 0 Å². The molecule has 0 aromatic heterocycles. The van der Waals surface area contributed by atoms with Gasteiger partial charge in [-0.2, -0.15) is 0 Å². The van der Waals surface area contributed by atoms with Gasteiger partial charge in [0.2, 0.25) is 0 Å². The second-order valence-corrected chi connectivity index (χ2v) is 4.20. The normalized spacial score (nSPS) is 11.9. The van der Waals surface area contributed by atoms with Gasteiger partial charge in [-0.05, 0) is 12.8 Å². The first kappa shape index (κ1) is 17.8. The Morgan fingerprint density at radius 1 is 0.600 bits per heavy atom. The van der Waals surface area contributed by atoms with Crippen LogP contribution in [0, 0.1) is 10.8 Å². The summed E-state index contributed by atoms with van der Waals surface area (Å²) < 4.78 is 0. The highest BCUT2D eigenvalue weighted by Crippen LogP contribution is 2.33. The molecule has 10 nitrogen and oxygen atoms in total. The maximum atomic E-state index is 10.9. The molecule has 0 aliphatic rings. The topological polar surface area (TPSA) is 190 Å². The summed E-state index contributed by atoms with van der Waals surface area (Å²) in [5.74, 6) is -7.74. The lowest BCUT2D eigenvalue weighted by Gasteiger charge is -2.27. The summed E-state index contributed by atoms with van der Waals surface area (Å²) in [5.41, 5.74) is -5.46. The second-order valence-electron chi connectivity index (χ2n) is 4.20. The van der Waals surface area contributed by atoms with Crippen molar-refractivity contribution < 1.29 is 49.8 Å². The molecular formula is C10H14O10. The molecular weight excluding hydrogens is 280 g/mol. The van der Waals surface area contributed by atoms with Crippen molar-refractivity contribution in [2.45, 2.75) is 12.8 Å². The van der Waals surface area contributed by atoms with Crippen LogP contribution in [0.4, 0.5) is 0 Å². The van der Waals surface area contributed by atoms with Crippen LogP contribution in [0.3, 0.4) is 0 Å². The third-order valence-corrected chi connectivity index (χ3v) is 3.16. The van der Waals surface area contributed by atoms with Gasteiger partial charge in [-0.3, -0.25) is 19.2 Å². The Kier molecular flexibility index (Phi) is 5.61. The summed E-state index contributed by atoms with van der Waals surface area (Å²) >= 11 is 0. The maximum Gasteiger partial charge on any atom is 0.323 e. The number of aliphatic hydroxyl groups excluding tert-OH is 2. The first-order valence-corrected chi connectivity index (χ1v) is 5.26. The van der Waals surface area contributed by atoms with Crippen LogP contribution < -0.4 is 0 Å². The van der Waals surface area contributed by atoms with E-state index in [4.69, 9.17) is 30.6 Å². The molecule has 0 saturated carbocycles. The lowest BCUT2D eigenvalue weighted by Crippen LogP contribution is -2.48. The Bertz CT molecular complexity index is 358. The molecule has 10 heteroatoms. The Hall–Kier alpha value is -2.20. The van der Waals surface area contributed by atoms with E-state index in [1.54, 1.807) is 0 Å². The van der Waals surface area contributed by atoms with E-state index in [0.717, 1.165) is 0 Å². The molecule has 0 bridgehead atoms. The average molecular weight is 294 g/mol. The van der Waals surface area contributed by atoms with Gasteiger partial charge in [-0.25, -0.2) is 0 Å². The molecule has 0 radical (unpaired) electrons. The number of hydrogen-bond donors (Lipinski definition) is 6. The number of aliphatic hydroxyl groups is 2. The Morgan fingerprint density at radius 3 is 0.900 bits per heavy atom. The molecule has 20 heavy (non-hydrogen) atoms. The zero-order valence-corrected chi connectivity index (χ0v) is 10.1. The van der Waals surface area contributed by atoms with E-state index in [1.807, 2.05) is 0 Å². The largest absolute Gasteiger partial charge is 0.480 e. The van der Waals surface area contributed by atoms with E-state index >= 15 is 0 Å². The minimum atomic E-state index is -2.73. The standard InChI is InChI=1S/C10H14O10/c11-3-9(5(13)14,6(15)16)1-2-10(4-12,7(17)18)8(19)20/h11-12H,1-4H2,(H,13,14)(H,15,16)(H,17,18)(H,19,20). The van der Waals surface area contributed by atoms with E-state index in [0.29, 0.717) is 0 Å². The molecule has 0 saturated heterocycles. The van der Waals surface area contributed by atoms with Crippen molar-refractivity contribution in [1.29, 1.82) is 0 Å². The summed E-state index contributed by atoms with van der Waals surface area (Å²) in [5, 5.41) is 53.3. The fourth-order valence-electron chi connectivity index (χ4n) is 1.47. The van der Waals surface area contributed by atoms with Crippen molar-refractivity contribution in [3.05, 3.63) is 0 Å². The summed E-state index contributed by atoms with van der Waals surface area (Å²) in [6, 6.07) is 0. The molecule has 0 fully saturated rings. The molecule has 0 spiro atoms. The molecule has 6 N–H and O–H groups in total. The van der Waals surface area contributed by atoms with Crippen molar-refractivity contribution in [2.24, 2.45) is 10.8 Å². The van der Waals surface area contributed by atoms with Crippen LogP contribution in [-0.2, 0) is 19.2 Å². The monoisotopic (exact) mass is 294 g/mol. The van der Waals surface area contributed by atoms with Gasteiger partial charge < -0.3 is 30.6 Å². The number of hydrogen-bond acceptors (Lipinski definition) is 6. The quantitative estimate of drug-likeness (QED) is 0.261. The van der Waals surface area contributed by atoms with Gasteiger partial charge in [0.05, 0.1) is 13.2 Å². The first-order valence-electron chi connectivity index (χ1n) is 5.26. The second kappa shape index (κ2) is 6.30. The van der Waals surface area contributed by atoms with Crippen LogP contribution in [0.1, 0.15) is 12.8 Å². The number of aliphatic carboxylic acids is 4. The van der Waals surface area contributed by atoms with Crippen LogP contribution in [-0.4, -0.2) is 67.7 Å². The number of carboxylic acid groups (broad SMARTS) is 4. The predicted octanol–water partition coefficient (Wildman–Crippen LogP) is -1.94. The molecule has 0 amide bonds. The predicted molar refractivity (Wildman–Crippen MR) is 58.8 cm³/mol. The highest BCUT2D eigenvalue weighted by Gasteiger charge is 2.52. The molecule has 0 rings (SSSR count). The molecule has 0 aromatic rings. The van der Waals surface area contributed by atoms with E-state index in [1.165, 1.54) is 0 Å². The van der Waals surface area contributed by atoms with Crippen LogP contribution >= 0.6 is 0 Å². The molecule has 114 valence electrons. The number of carboxylic acids is 4. The first-order chi connectivity index (χ1) is 9.10. The van der Waals surface area contributed by atoms with Gasteiger partial charge in [0.15, 0.2) is 10.8 Å². The van der Waals surface area contributed by atoms with E-state index in [9.17, 15) is 19.2 Å². The summed E-state index contributed by atoms with van der Waals surface area (Å²) in [6.07, 6.45) is -1.96. The fraction of sp³-hybridized carbons (Fsp3) is 0.600. The fourth-order valence-corrected chi connectivity index (χ4v) is 1.47. The maximum absolute atomic E-state index is 10.9. The van der Waals surface area contributed by atoms with Gasteiger partial charge >= 0.3 is 23.9 Å². The van der Waals surface area contributed by atoms with E-state index in [2.05, 4.69) is 0 Å². The lowest BCUT2D eigenvalue weighted by atomic mass is 9.75. The van der Waals surface area contributed by atoms with E-state index in [-0.39, 0.29) is 0 Å². The molecule has 0 unspecified atom stereocenters. The summed E-state index contributed by atoms with van der Waals surface area (Å²) in [4.78, 5) is 43.8. The zero-order chi connectivity index (χ0) is 16.1. The Labute approximate surface area is 111 Å². The highest BCUT2D eigenvalue weighted by molar-refractivity contribution is 6.00. The minimum absolute atomic E-state index is 0.979. The van der Waals surface area contributed by atoms with Gasteiger partial charge in [-0.1, -0.05) is 0 Å². The number of carbonyl (C=O) groups is 4. The van der Waals surface area contributed by atoms with Crippen LogP contribution in [0.25, 0.3) is 0 Å². The zero-order valence-electron chi connectivity index (χ0n) is 10.1. The Balaban J connectivity index is 5.48. The van der Waals surface area contributed by atoms with Crippen molar-refractivity contribution in [2.75, 3.05) is 13.2 Å². The van der Waals surface area contributed by atoms with Crippen molar-refractivity contribution >= 4 is 23.9 Å². The minimum Gasteiger partial charge on any atom is -0.480 e. The van der Waals surface area contributed by atoms with Crippen LogP contribution in [0.2, 0.25) is 0 Å². The van der Waals surface area contributed by atoms with Gasteiger partial charge in [-0.15, -0.1) is 0 Å². The third kappa shape index (κ3) is 2.86. The van der Waals surface area contributed by atoms with E-state index < -0.39 is 60.8 Å². The SMILES string of the molecule is O=C(O)C(CO)(CCC(CO)(C(=O)O)C(=O)O)C(=O)O. The smallest absolute Gasteiger partial charge is 0.323 e. The third-order valence-electron chi connectivity index (χ3n) is 3.16. The summed E-state index contributed by atoms with van der Waals surface area (Å²) in [6.45, 7) is -2.70. The van der Waals surface area contributed by atoms with Gasteiger partial charge in [0.25, 0.3) is 0 Å². The molecule has 0 atom stereocenters. The molecule has 0 heterocycles. The molecule has 0 aliphatic heterocycles. The Morgan fingerprint density at radius 2 is 0.800 bits per heavy atom. The van der Waals surface area contributed by atoms with Gasteiger partial charge in [0, 0.05) is 0 Å². The lowest BCUT2D eigenvalue weighted by molar-refractivity contribution is -0.176. The van der Waals surface area contributed by atoms with Crippen molar-refractivity contribution in [3.8, 4) is 0 Å². The van der Waals surface area contributed by atoms with Crippen LogP contribution in [0.15, 0.2) is 0 Å². The average Bonchev–Trinajstić information content (AvgIpc) is 2.33. The molecule has 0 aliphatic carbocycles. The molecule has 0 aromatic carbocycles.